The highest BCUT2D eigenvalue weighted by Gasteiger charge is 2.27. The number of aryl methyl sites for hydroxylation is 3. The van der Waals surface area contributed by atoms with Crippen LogP contribution in [0.15, 0.2) is 72.0 Å². The minimum atomic E-state index is -0.390. The SMILES string of the molecule is Cc1cccc([C@H](CO)n2cc(C3CC3)cc(Cc3ccc(-n4cnc(C)c4)c(C)c3)c2=O)c1. The van der Waals surface area contributed by atoms with Gasteiger partial charge in [0.15, 0.2) is 0 Å². The maximum atomic E-state index is 13.6. The molecule has 1 atom stereocenters. The molecule has 2 aromatic carbocycles. The predicted octanol–water partition coefficient (Wildman–Crippen LogP) is 5.01. The number of aromatic nitrogens is 3. The third kappa shape index (κ3) is 4.48. The minimum Gasteiger partial charge on any atom is -0.394 e. The number of rotatable bonds is 7. The molecule has 174 valence electrons. The molecular formula is C29H31N3O2. The van der Waals surface area contributed by atoms with Crippen LogP contribution in [0.5, 0.6) is 0 Å². The number of aliphatic hydroxyl groups excluding tert-OH is 1. The quantitative estimate of drug-likeness (QED) is 0.428. The average molecular weight is 454 g/mol. The predicted molar refractivity (Wildman–Crippen MR) is 135 cm³/mol. The van der Waals surface area contributed by atoms with Crippen molar-refractivity contribution in [3.8, 4) is 5.69 Å². The Hall–Kier alpha value is -3.44. The van der Waals surface area contributed by atoms with E-state index in [4.69, 9.17) is 0 Å². The molecule has 4 aromatic rings. The monoisotopic (exact) mass is 453 g/mol. The van der Waals surface area contributed by atoms with E-state index in [9.17, 15) is 9.90 Å². The number of aliphatic hydroxyl groups is 1. The molecule has 5 rings (SSSR count). The van der Waals surface area contributed by atoms with Gasteiger partial charge in [-0.05, 0) is 73.9 Å². The average Bonchev–Trinajstić information content (AvgIpc) is 3.57. The molecule has 0 amide bonds. The van der Waals surface area contributed by atoms with Gasteiger partial charge < -0.3 is 14.2 Å². The van der Waals surface area contributed by atoms with Crippen LogP contribution in [0.2, 0.25) is 0 Å². The van der Waals surface area contributed by atoms with Crippen LogP contribution < -0.4 is 5.56 Å². The van der Waals surface area contributed by atoms with Crippen LogP contribution in [-0.4, -0.2) is 25.8 Å². The van der Waals surface area contributed by atoms with Gasteiger partial charge in [-0.1, -0.05) is 42.0 Å². The summed E-state index contributed by atoms with van der Waals surface area (Å²) in [6, 6.07) is 16.1. The lowest BCUT2D eigenvalue weighted by atomic mass is 9.99. The molecule has 34 heavy (non-hydrogen) atoms. The third-order valence-electron chi connectivity index (χ3n) is 6.77. The molecule has 0 aliphatic heterocycles. The molecule has 5 nitrogen and oxygen atoms in total. The first-order chi connectivity index (χ1) is 16.4. The van der Waals surface area contributed by atoms with Crippen molar-refractivity contribution in [1.29, 1.82) is 0 Å². The van der Waals surface area contributed by atoms with Gasteiger partial charge in [0.1, 0.15) is 0 Å². The molecule has 1 fully saturated rings. The normalized spacial score (nSPS) is 14.4. The summed E-state index contributed by atoms with van der Waals surface area (Å²) in [5, 5.41) is 10.3. The van der Waals surface area contributed by atoms with Crippen LogP contribution in [0.3, 0.4) is 0 Å². The second-order valence-corrected chi connectivity index (χ2v) is 9.62. The van der Waals surface area contributed by atoms with Crippen LogP contribution >= 0.6 is 0 Å². The number of imidazole rings is 1. The van der Waals surface area contributed by atoms with E-state index >= 15 is 0 Å². The van der Waals surface area contributed by atoms with E-state index in [1.54, 1.807) is 4.57 Å². The standard InChI is InChI=1S/C29H31N3O2/c1-19-5-4-6-24(11-19)28(17-33)32-16-26(23-8-9-23)14-25(29(32)34)13-22-7-10-27(20(2)12-22)31-15-21(3)30-18-31/h4-7,10-12,14-16,18,23,28,33H,8-9,13,17H2,1-3H3/t28-/m0/s1. The molecule has 2 aromatic heterocycles. The van der Waals surface area contributed by atoms with Gasteiger partial charge in [0.25, 0.3) is 5.56 Å². The Kier molecular flexibility index (Phi) is 5.96. The summed E-state index contributed by atoms with van der Waals surface area (Å²) in [4.78, 5) is 18.0. The molecule has 1 aliphatic rings. The Morgan fingerprint density at radius 1 is 1.06 bits per heavy atom. The summed E-state index contributed by atoms with van der Waals surface area (Å²) in [6.45, 7) is 5.99. The van der Waals surface area contributed by atoms with Crippen LogP contribution in [0, 0.1) is 20.8 Å². The van der Waals surface area contributed by atoms with Gasteiger partial charge in [0.05, 0.1) is 24.7 Å². The van der Waals surface area contributed by atoms with E-state index < -0.39 is 6.04 Å². The summed E-state index contributed by atoms with van der Waals surface area (Å²) in [5.41, 5.74) is 8.33. The van der Waals surface area contributed by atoms with Crippen LogP contribution in [0.4, 0.5) is 0 Å². The van der Waals surface area contributed by atoms with E-state index in [2.05, 4.69) is 42.2 Å². The fourth-order valence-electron chi connectivity index (χ4n) is 4.80. The zero-order valence-electron chi connectivity index (χ0n) is 20.0. The zero-order valence-corrected chi connectivity index (χ0v) is 20.0. The number of hydrogen-bond acceptors (Lipinski definition) is 3. The Balaban J connectivity index is 1.52. The van der Waals surface area contributed by atoms with Crippen LogP contribution in [0.1, 0.15) is 63.9 Å². The number of nitrogens with zero attached hydrogens (tertiary/aromatic N) is 3. The fraction of sp³-hybridized carbons (Fsp3) is 0.310. The second kappa shape index (κ2) is 9.07. The molecule has 0 unspecified atom stereocenters. The molecule has 0 spiro atoms. The van der Waals surface area contributed by atoms with Gasteiger partial charge in [-0.3, -0.25) is 4.79 Å². The Labute approximate surface area is 200 Å². The minimum absolute atomic E-state index is 0.0306. The fourth-order valence-corrected chi connectivity index (χ4v) is 4.80. The smallest absolute Gasteiger partial charge is 0.254 e. The van der Waals surface area contributed by atoms with Gasteiger partial charge in [-0.25, -0.2) is 4.98 Å². The Morgan fingerprint density at radius 2 is 1.88 bits per heavy atom. The van der Waals surface area contributed by atoms with E-state index in [-0.39, 0.29) is 12.2 Å². The molecule has 5 heteroatoms. The topological polar surface area (TPSA) is 60.1 Å². The molecule has 0 bridgehead atoms. The molecule has 0 saturated heterocycles. The maximum Gasteiger partial charge on any atom is 0.254 e. The van der Waals surface area contributed by atoms with Crippen molar-refractivity contribution in [1.82, 2.24) is 14.1 Å². The van der Waals surface area contributed by atoms with Crippen molar-refractivity contribution in [2.45, 2.75) is 52.0 Å². The van der Waals surface area contributed by atoms with Gasteiger partial charge in [-0.15, -0.1) is 0 Å². The van der Waals surface area contributed by atoms with E-state index in [0.717, 1.165) is 52.0 Å². The van der Waals surface area contributed by atoms with E-state index in [1.165, 1.54) is 5.56 Å². The second-order valence-electron chi connectivity index (χ2n) is 9.62. The molecule has 1 aliphatic carbocycles. The van der Waals surface area contributed by atoms with E-state index in [1.807, 2.05) is 55.3 Å². The van der Waals surface area contributed by atoms with Crippen molar-refractivity contribution in [2.75, 3.05) is 6.61 Å². The summed E-state index contributed by atoms with van der Waals surface area (Å²) < 4.78 is 3.79. The van der Waals surface area contributed by atoms with Crippen molar-refractivity contribution < 1.29 is 5.11 Å². The first-order valence-corrected chi connectivity index (χ1v) is 12.0. The Bertz CT molecular complexity index is 1390. The van der Waals surface area contributed by atoms with Crippen LogP contribution in [0.25, 0.3) is 5.69 Å². The summed E-state index contributed by atoms with van der Waals surface area (Å²) in [7, 11) is 0. The van der Waals surface area contributed by atoms with Crippen LogP contribution in [-0.2, 0) is 6.42 Å². The number of hydrogen-bond donors (Lipinski definition) is 1. The van der Waals surface area contributed by atoms with Gasteiger partial charge in [-0.2, -0.15) is 0 Å². The highest BCUT2D eigenvalue weighted by Crippen LogP contribution is 2.40. The van der Waals surface area contributed by atoms with Crippen molar-refractivity contribution in [3.05, 3.63) is 117 Å². The van der Waals surface area contributed by atoms with Gasteiger partial charge in [0.2, 0.25) is 0 Å². The lowest BCUT2D eigenvalue weighted by molar-refractivity contribution is 0.246. The molecule has 1 N–H and O–H groups in total. The largest absolute Gasteiger partial charge is 0.394 e. The Morgan fingerprint density at radius 3 is 2.53 bits per heavy atom. The van der Waals surface area contributed by atoms with Gasteiger partial charge in [0, 0.05) is 30.1 Å². The molecule has 0 radical (unpaired) electrons. The zero-order chi connectivity index (χ0) is 23.8. The van der Waals surface area contributed by atoms with Gasteiger partial charge >= 0.3 is 0 Å². The highest BCUT2D eigenvalue weighted by atomic mass is 16.3. The summed E-state index contributed by atoms with van der Waals surface area (Å²) in [5.74, 6) is 0.510. The van der Waals surface area contributed by atoms with Crippen molar-refractivity contribution in [3.63, 3.8) is 0 Å². The lowest BCUT2D eigenvalue weighted by Gasteiger charge is -2.21. The number of pyridine rings is 1. The van der Waals surface area contributed by atoms with Crippen molar-refractivity contribution in [2.24, 2.45) is 0 Å². The highest BCUT2D eigenvalue weighted by molar-refractivity contribution is 5.44. The maximum absolute atomic E-state index is 13.6. The summed E-state index contributed by atoms with van der Waals surface area (Å²) >= 11 is 0. The molecular weight excluding hydrogens is 422 g/mol. The summed E-state index contributed by atoms with van der Waals surface area (Å²) in [6.07, 6.45) is 8.70. The first kappa shape index (κ1) is 22.4. The molecule has 2 heterocycles. The van der Waals surface area contributed by atoms with Crippen molar-refractivity contribution >= 4 is 0 Å². The lowest BCUT2D eigenvalue weighted by Crippen LogP contribution is -2.30. The number of benzene rings is 2. The van der Waals surface area contributed by atoms with E-state index in [0.29, 0.717) is 12.3 Å². The first-order valence-electron chi connectivity index (χ1n) is 12.0. The molecule has 1 saturated carbocycles. The third-order valence-corrected chi connectivity index (χ3v) is 6.77.